The molecular weight excluding hydrogens is 460 g/mol. The highest BCUT2D eigenvalue weighted by Gasteiger charge is 2.36. The number of benzene rings is 3. The molecule has 0 aliphatic heterocycles. The lowest BCUT2D eigenvalue weighted by atomic mass is 9.88. The number of nitrogens with two attached hydrogens (primary N) is 1. The van der Waals surface area contributed by atoms with E-state index in [0.29, 0.717) is 24.9 Å². The van der Waals surface area contributed by atoms with Crippen molar-refractivity contribution in [3.05, 3.63) is 90.0 Å². The van der Waals surface area contributed by atoms with Gasteiger partial charge in [-0.25, -0.2) is 13.6 Å². The number of rotatable bonds is 9. The molecule has 1 amide bonds. The minimum atomic E-state index is -3.83. The van der Waals surface area contributed by atoms with Gasteiger partial charge in [0, 0.05) is 30.4 Å². The maximum absolute atomic E-state index is 13.0. The van der Waals surface area contributed by atoms with Crippen LogP contribution in [0.15, 0.2) is 83.8 Å². The maximum atomic E-state index is 13.0. The maximum Gasteiger partial charge on any atom is 0.238 e. The van der Waals surface area contributed by atoms with Crippen molar-refractivity contribution < 1.29 is 18.0 Å². The van der Waals surface area contributed by atoms with Crippen LogP contribution in [0.5, 0.6) is 0 Å². The number of nitrogens with one attached hydrogen (secondary N) is 1. The fourth-order valence-corrected chi connectivity index (χ4v) is 5.59. The molecule has 3 N–H and O–H groups in total. The molecule has 35 heavy (non-hydrogen) atoms. The van der Waals surface area contributed by atoms with Crippen molar-refractivity contribution in [3.63, 3.8) is 0 Å². The summed E-state index contributed by atoms with van der Waals surface area (Å²) in [7, 11) is -3.83. The molecule has 182 valence electrons. The number of Topliss-reactive ketones (excluding diaryl/α,β-unsaturated/α-hetero) is 1. The Morgan fingerprint density at radius 2 is 1.49 bits per heavy atom. The van der Waals surface area contributed by atoms with E-state index in [1.807, 2.05) is 54.6 Å². The van der Waals surface area contributed by atoms with Crippen LogP contribution in [0.3, 0.4) is 0 Å². The van der Waals surface area contributed by atoms with Crippen LogP contribution in [-0.2, 0) is 32.6 Å². The SMILES string of the molecule is NS(=O)(=O)c1ccccc1-c1ccc(CCC(=O)[C@@H]2CCC[C@H]2C(=O)NCc2ccccc2)cc1. The molecule has 1 saturated carbocycles. The third-order valence-electron chi connectivity index (χ3n) is 6.69. The lowest BCUT2D eigenvalue weighted by molar-refractivity contribution is -0.132. The molecule has 2 atom stereocenters. The van der Waals surface area contributed by atoms with Crippen LogP contribution in [0.25, 0.3) is 11.1 Å². The molecule has 0 heterocycles. The van der Waals surface area contributed by atoms with Gasteiger partial charge >= 0.3 is 0 Å². The molecule has 1 fully saturated rings. The summed E-state index contributed by atoms with van der Waals surface area (Å²) >= 11 is 0. The molecule has 0 saturated heterocycles. The number of primary sulfonamides is 1. The first kappa shape index (κ1) is 24.8. The first-order valence-corrected chi connectivity index (χ1v) is 13.4. The molecule has 0 spiro atoms. The lowest BCUT2D eigenvalue weighted by Gasteiger charge is -2.18. The number of hydrogen-bond acceptors (Lipinski definition) is 4. The Kier molecular flexibility index (Phi) is 7.78. The van der Waals surface area contributed by atoms with Gasteiger partial charge in [0.25, 0.3) is 0 Å². The number of ketones is 1. The first-order valence-electron chi connectivity index (χ1n) is 11.9. The van der Waals surface area contributed by atoms with Crippen molar-refractivity contribution in [2.45, 2.75) is 43.5 Å². The Balaban J connectivity index is 1.35. The van der Waals surface area contributed by atoms with Crippen LogP contribution in [0, 0.1) is 11.8 Å². The Bertz CT molecular complexity index is 1290. The van der Waals surface area contributed by atoms with Crippen molar-refractivity contribution in [2.24, 2.45) is 17.0 Å². The summed E-state index contributed by atoms with van der Waals surface area (Å²) in [5.41, 5.74) is 3.32. The largest absolute Gasteiger partial charge is 0.352 e. The van der Waals surface area contributed by atoms with Gasteiger partial charge in [-0.05, 0) is 42.0 Å². The molecule has 0 bridgehead atoms. The molecule has 0 unspecified atom stereocenters. The number of sulfonamides is 1. The smallest absolute Gasteiger partial charge is 0.238 e. The van der Waals surface area contributed by atoms with E-state index in [4.69, 9.17) is 5.14 Å². The summed E-state index contributed by atoms with van der Waals surface area (Å²) in [4.78, 5) is 25.8. The zero-order valence-corrected chi connectivity index (χ0v) is 20.3. The highest BCUT2D eigenvalue weighted by atomic mass is 32.2. The summed E-state index contributed by atoms with van der Waals surface area (Å²) in [6.07, 6.45) is 3.34. The van der Waals surface area contributed by atoms with E-state index in [2.05, 4.69) is 5.32 Å². The van der Waals surface area contributed by atoms with E-state index in [1.54, 1.807) is 18.2 Å². The summed E-state index contributed by atoms with van der Waals surface area (Å²) in [6, 6.07) is 23.9. The second kappa shape index (κ2) is 11.0. The van der Waals surface area contributed by atoms with Gasteiger partial charge in [-0.1, -0.05) is 79.2 Å². The molecule has 1 aliphatic carbocycles. The predicted molar refractivity (Wildman–Crippen MR) is 136 cm³/mol. The van der Waals surface area contributed by atoms with E-state index in [9.17, 15) is 18.0 Å². The number of hydrogen-bond donors (Lipinski definition) is 2. The molecule has 0 aromatic heterocycles. The first-order chi connectivity index (χ1) is 16.8. The Morgan fingerprint density at radius 1 is 0.829 bits per heavy atom. The highest BCUT2D eigenvalue weighted by Crippen LogP contribution is 2.34. The van der Waals surface area contributed by atoms with Crippen LogP contribution in [0.1, 0.15) is 36.8 Å². The van der Waals surface area contributed by atoms with Crippen LogP contribution in [0.4, 0.5) is 0 Å². The zero-order chi connectivity index (χ0) is 24.8. The van der Waals surface area contributed by atoms with E-state index in [0.717, 1.165) is 36.0 Å². The van der Waals surface area contributed by atoms with Crippen LogP contribution >= 0.6 is 0 Å². The molecule has 4 rings (SSSR count). The number of aryl methyl sites for hydroxylation is 1. The van der Waals surface area contributed by atoms with Gasteiger partial charge in [0.15, 0.2) is 0 Å². The summed E-state index contributed by atoms with van der Waals surface area (Å²) in [5.74, 6) is -0.399. The van der Waals surface area contributed by atoms with Gasteiger partial charge in [-0.2, -0.15) is 0 Å². The van der Waals surface area contributed by atoms with Crippen molar-refractivity contribution in [1.29, 1.82) is 0 Å². The Hall–Kier alpha value is -3.29. The number of carbonyl (C=O) groups is 2. The van der Waals surface area contributed by atoms with Gasteiger partial charge in [0.2, 0.25) is 15.9 Å². The third kappa shape index (κ3) is 6.24. The van der Waals surface area contributed by atoms with Gasteiger partial charge < -0.3 is 5.32 Å². The fourth-order valence-electron chi connectivity index (χ4n) is 4.83. The average Bonchev–Trinajstić information content (AvgIpc) is 3.37. The van der Waals surface area contributed by atoms with Crippen LogP contribution < -0.4 is 10.5 Å². The van der Waals surface area contributed by atoms with E-state index < -0.39 is 10.0 Å². The van der Waals surface area contributed by atoms with Crippen LogP contribution in [0.2, 0.25) is 0 Å². The summed E-state index contributed by atoms with van der Waals surface area (Å²) in [5, 5.41) is 8.35. The van der Waals surface area contributed by atoms with E-state index >= 15 is 0 Å². The number of amides is 1. The Labute approximate surface area is 206 Å². The second-order valence-electron chi connectivity index (χ2n) is 9.05. The molecule has 3 aromatic carbocycles. The highest BCUT2D eigenvalue weighted by molar-refractivity contribution is 7.89. The van der Waals surface area contributed by atoms with Crippen molar-refractivity contribution in [3.8, 4) is 11.1 Å². The Morgan fingerprint density at radius 3 is 2.20 bits per heavy atom. The van der Waals surface area contributed by atoms with E-state index in [-0.39, 0.29) is 28.4 Å². The topological polar surface area (TPSA) is 106 Å². The van der Waals surface area contributed by atoms with Crippen molar-refractivity contribution in [2.75, 3.05) is 0 Å². The summed E-state index contributed by atoms with van der Waals surface area (Å²) < 4.78 is 23.8. The quantitative estimate of drug-likeness (QED) is 0.468. The summed E-state index contributed by atoms with van der Waals surface area (Å²) in [6.45, 7) is 0.470. The minimum absolute atomic E-state index is 0.0393. The van der Waals surface area contributed by atoms with Crippen molar-refractivity contribution in [1.82, 2.24) is 5.32 Å². The molecular formula is C28H30N2O4S. The fraction of sp³-hybridized carbons (Fsp3) is 0.286. The van der Waals surface area contributed by atoms with Gasteiger partial charge in [-0.3, -0.25) is 9.59 Å². The monoisotopic (exact) mass is 490 g/mol. The van der Waals surface area contributed by atoms with E-state index in [1.165, 1.54) is 6.07 Å². The van der Waals surface area contributed by atoms with Crippen molar-refractivity contribution >= 4 is 21.7 Å². The zero-order valence-electron chi connectivity index (χ0n) is 19.5. The number of carbonyl (C=O) groups excluding carboxylic acids is 2. The average molecular weight is 491 g/mol. The lowest BCUT2D eigenvalue weighted by Crippen LogP contribution is -2.35. The van der Waals surface area contributed by atoms with Gasteiger partial charge in [0.05, 0.1) is 4.90 Å². The van der Waals surface area contributed by atoms with Gasteiger partial charge in [-0.15, -0.1) is 0 Å². The van der Waals surface area contributed by atoms with Crippen LogP contribution in [-0.4, -0.2) is 20.1 Å². The standard InChI is InChI=1S/C28H30N2O4S/c29-35(33,34)27-12-5-4-9-23(27)22-16-13-20(14-17-22)15-18-26(31)24-10-6-11-25(24)28(32)30-19-21-7-2-1-3-8-21/h1-5,7-9,12-14,16-17,24-25H,6,10-11,15,18-19H2,(H,30,32)(H2,29,33,34)/t24-,25-/m1/s1. The normalized spacial score (nSPS) is 17.7. The molecule has 7 heteroatoms. The molecule has 3 aromatic rings. The second-order valence-corrected chi connectivity index (χ2v) is 10.6. The van der Waals surface area contributed by atoms with Gasteiger partial charge in [0.1, 0.15) is 5.78 Å². The molecule has 6 nitrogen and oxygen atoms in total. The molecule has 1 aliphatic rings. The minimum Gasteiger partial charge on any atom is -0.352 e. The predicted octanol–water partition coefficient (Wildman–Crippen LogP) is 4.24. The third-order valence-corrected chi connectivity index (χ3v) is 7.66. The molecule has 0 radical (unpaired) electrons.